The molecule has 2 fully saturated rings. The van der Waals surface area contributed by atoms with Gasteiger partial charge in [-0.1, -0.05) is 0 Å². The standard InChI is InChI=1S/C24H35N5O4/c1-16(2)26-23(30)28(3)22-18-7-8-19(22)13-29(12-18)14-20(27-24(31)32-4)15-33-21-9-5-17(11-25)6-10-21/h5-6,9-10,16,18-20,22H,7-8,12-15H2,1-4H3,(H,26,30)(H,27,31)/t18?,19?,20-,22?/m0/s1. The number of nitrogens with zero attached hydrogens (tertiary/aromatic N) is 3. The summed E-state index contributed by atoms with van der Waals surface area (Å²) in [5, 5.41) is 14.8. The Balaban J connectivity index is 1.59. The van der Waals surface area contributed by atoms with Crippen LogP contribution in [0.4, 0.5) is 9.59 Å². The van der Waals surface area contributed by atoms with Gasteiger partial charge in [-0.25, -0.2) is 9.59 Å². The Bertz CT molecular complexity index is 839. The minimum absolute atomic E-state index is 0.0126. The Labute approximate surface area is 196 Å². The maximum Gasteiger partial charge on any atom is 0.407 e. The molecule has 3 amide bonds. The zero-order valence-corrected chi connectivity index (χ0v) is 19.9. The van der Waals surface area contributed by atoms with E-state index in [9.17, 15) is 9.59 Å². The van der Waals surface area contributed by atoms with Crippen molar-refractivity contribution in [3.05, 3.63) is 29.8 Å². The number of likely N-dealkylation sites (tertiary alicyclic amines) is 1. The van der Waals surface area contributed by atoms with Gasteiger partial charge in [0.25, 0.3) is 0 Å². The first-order chi connectivity index (χ1) is 15.8. The van der Waals surface area contributed by atoms with Crippen LogP contribution in [0.25, 0.3) is 0 Å². The predicted octanol–water partition coefficient (Wildman–Crippen LogP) is 2.42. The molecule has 2 N–H and O–H groups in total. The lowest BCUT2D eigenvalue weighted by molar-refractivity contribution is 0.0653. The van der Waals surface area contributed by atoms with E-state index in [2.05, 4.69) is 21.6 Å². The molecule has 0 spiro atoms. The smallest absolute Gasteiger partial charge is 0.407 e. The Kier molecular flexibility index (Phi) is 8.39. The van der Waals surface area contributed by atoms with Crippen molar-refractivity contribution in [2.75, 3.05) is 40.4 Å². The molecule has 1 saturated heterocycles. The van der Waals surface area contributed by atoms with E-state index >= 15 is 0 Å². The molecular formula is C24H35N5O4. The molecule has 1 aliphatic carbocycles. The monoisotopic (exact) mass is 457 g/mol. The number of nitrogens with one attached hydrogen (secondary N) is 2. The Hall–Kier alpha value is -2.99. The van der Waals surface area contributed by atoms with Crippen molar-refractivity contribution in [3.63, 3.8) is 0 Å². The number of carbonyl (C=O) groups is 2. The van der Waals surface area contributed by atoms with Gasteiger partial charge in [-0.15, -0.1) is 0 Å². The normalized spacial score (nSPS) is 22.8. The molecule has 180 valence electrons. The van der Waals surface area contributed by atoms with Gasteiger partial charge >= 0.3 is 12.1 Å². The number of alkyl carbamates (subject to hydrolysis) is 1. The third-order valence-electron chi connectivity index (χ3n) is 6.46. The molecule has 1 aromatic rings. The molecule has 0 aromatic heterocycles. The molecule has 1 saturated carbocycles. The van der Waals surface area contributed by atoms with E-state index in [1.54, 1.807) is 24.3 Å². The van der Waals surface area contributed by atoms with Crippen LogP contribution in [-0.2, 0) is 4.74 Å². The molecule has 2 aliphatic rings. The molecule has 1 aromatic carbocycles. The average Bonchev–Trinajstić information content (AvgIpc) is 3.06. The second-order valence-electron chi connectivity index (χ2n) is 9.30. The van der Waals surface area contributed by atoms with Crippen molar-refractivity contribution < 1.29 is 19.1 Å². The van der Waals surface area contributed by atoms with Gasteiger partial charge in [0.1, 0.15) is 12.4 Å². The van der Waals surface area contributed by atoms with E-state index in [4.69, 9.17) is 14.7 Å². The molecule has 33 heavy (non-hydrogen) atoms. The van der Waals surface area contributed by atoms with E-state index in [0.29, 0.717) is 29.7 Å². The van der Waals surface area contributed by atoms with Crippen LogP contribution in [0, 0.1) is 23.2 Å². The van der Waals surface area contributed by atoms with Crippen LogP contribution in [0.1, 0.15) is 32.3 Å². The first-order valence-corrected chi connectivity index (χ1v) is 11.5. The maximum absolute atomic E-state index is 12.6. The number of piperidine rings is 1. The molecule has 3 atom stereocenters. The molecule has 1 heterocycles. The van der Waals surface area contributed by atoms with Gasteiger partial charge in [0.15, 0.2) is 0 Å². The summed E-state index contributed by atoms with van der Waals surface area (Å²) in [6.45, 7) is 6.60. The summed E-state index contributed by atoms with van der Waals surface area (Å²) in [6, 6.07) is 9.06. The third kappa shape index (κ3) is 6.51. The van der Waals surface area contributed by atoms with Gasteiger partial charge in [0, 0.05) is 38.8 Å². The van der Waals surface area contributed by atoms with Gasteiger partial charge in [0.05, 0.1) is 24.8 Å². The minimum atomic E-state index is -0.494. The number of amides is 3. The van der Waals surface area contributed by atoms with Crippen molar-refractivity contribution in [1.82, 2.24) is 20.4 Å². The number of fused-ring (bicyclic) bond motifs is 2. The lowest BCUT2D eigenvalue weighted by Gasteiger charge is -2.43. The first-order valence-electron chi connectivity index (χ1n) is 11.5. The van der Waals surface area contributed by atoms with Crippen LogP contribution in [0.5, 0.6) is 5.75 Å². The van der Waals surface area contributed by atoms with Crippen LogP contribution < -0.4 is 15.4 Å². The number of methoxy groups -OCH3 is 1. The molecule has 0 radical (unpaired) electrons. The lowest BCUT2D eigenvalue weighted by Crippen LogP contribution is -2.57. The summed E-state index contributed by atoms with van der Waals surface area (Å²) in [5.74, 6) is 1.46. The van der Waals surface area contributed by atoms with Crippen molar-refractivity contribution in [1.29, 1.82) is 5.26 Å². The molecule has 9 nitrogen and oxygen atoms in total. The number of hydrogen-bond donors (Lipinski definition) is 2. The zero-order chi connectivity index (χ0) is 24.0. The molecular weight excluding hydrogens is 422 g/mol. The highest BCUT2D eigenvalue weighted by Gasteiger charge is 2.45. The fourth-order valence-corrected chi connectivity index (χ4v) is 5.06. The largest absolute Gasteiger partial charge is 0.491 e. The van der Waals surface area contributed by atoms with Crippen molar-refractivity contribution in [3.8, 4) is 11.8 Å². The van der Waals surface area contributed by atoms with Crippen LogP contribution >= 0.6 is 0 Å². The number of benzene rings is 1. The molecule has 3 rings (SSSR count). The van der Waals surface area contributed by atoms with Crippen molar-refractivity contribution in [2.24, 2.45) is 11.8 Å². The number of nitriles is 1. The van der Waals surface area contributed by atoms with Crippen LogP contribution in [0.3, 0.4) is 0 Å². The van der Waals surface area contributed by atoms with Crippen molar-refractivity contribution in [2.45, 2.75) is 44.8 Å². The summed E-state index contributed by atoms with van der Waals surface area (Å²) in [4.78, 5) is 28.7. The Morgan fingerprint density at radius 3 is 2.36 bits per heavy atom. The van der Waals surface area contributed by atoms with Gasteiger partial charge in [-0.3, -0.25) is 0 Å². The molecule has 1 aliphatic heterocycles. The van der Waals surface area contributed by atoms with Crippen LogP contribution in [0.15, 0.2) is 24.3 Å². The Morgan fingerprint density at radius 2 is 1.82 bits per heavy atom. The average molecular weight is 458 g/mol. The van der Waals surface area contributed by atoms with Gasteiger partial charge in [0.2, 0.25) is 0 Å². The van der Waals surface area contributed by atoms with Gasteiger partial charge in [-0.2, -0.15) is 5.26 Å². The van der Waals surface area contributed by atoms with E-state index in [-0.39, 0.29) is 30.8 Å². The highest BCUT2D eigenvalue weighted by molar-refractivity contribution is 5.74. The third-order valence-corrected chi connectivity index (χ3v) is 6.46. The van der Waals surface area contributed by atoms with Crippen LogP contribution in [-0.4, -0.2) is 80.4 Å². The quantitative estimate of drug-likeness (QED) is 0.621. The fourth-order valence-electron chi connectivity index (χ4n) is 5.06. The van der Waals surface area contributed by atoms with E-state index < -0.39 is 6.09 Å². The van der Waals surface area contributed by atoms with E-state index in [1.165, 1.54) is 7.11 Å². The SMILES string of the molecule is COC(=O)N[C@H](COc1ccc(C#N)cc1)CN1CC2CCC(C1)C2N(C)C(=O)NC(C)C. The van der Waals surface area contributed by atoms with Crippen molar-refractivity contribution >= 4 is 12.1 Å². The summed E-state index contributed by atoms with van der Waals surface area (Å²) >= 11 is 0. The number of ether oxygens (including phenoxy) is 2. The minimum Gasteiger partial charge on any atom is -0.491 e. The maximum atomic E-state index is 12.6. The Morgan fingerprint density at radius 1 is 1.18 bits per heavy atom. The summed E-state index contributed by atoms with van der Waals surface area (Å²) < 4.78 is 10.7. The van der Waals surface area contributed by atoms with Gasteiger partial charge < -0.3 is 29.9 Å². The second kappa shape index (κ2) is 11.2. The summed E-state index contributed by atoms with van der Waals surface area (Å²) in [5.41, 5.74) is 0.567. The predicted molar refractivity (Wildman–Crippen MR) is 124 cm³/mol. The molecule has 9 heteroatoms. The van der Waals surface area contributed by atoms with Gasteiger partial charge in [-0.05, 0) is 62.8 Å². The molecule has 2 unspecified atom stereocenters. The summed E-state index contributed by atoms with van der Waals surface area (Å²) in [7, 11) is 3.24. The van der Waals surface area contributed by atoms with Crippen LogP contribution in [0.2, 0.25) is 0 Å². The number of urea groups is 1. The lowest BCUT2D eigenvalue weighted by atomic mass is 9.90. The highest BCUT2D eigenvalue weighted by atomic mass is 16.5. The number of carbonyl (C=O) groups excluding carboxylic acids is 2. The zero-order valence-electron chi connectivity index (χ0n) is 19.9. The molecule has 2 bridgehead atoms. The second-order valence-corrected chi connectivity index (χ2v) is 9.30. The summed E-state index contributed by atoms with van der Waals surface area (Å²) in [6.07, 6.45) is 1.70. The highest BCUT2D eigenvalue weighted by Crippen LogP contribution is 2.39. The number of rotatable bonds is 8. The number of hydrogen-bond acceptors (Lipinski definition) is 6. The first kappa shape index (κ1) is 24.6. The van der Waals surface area contributed by atoms with E-state index in [0.717, 1.165) is 25.9 Å². The van der Waals surface area contributed by atoms with E-state index in [1.807, 2.05) is 25.8 Å². The fraction of sp³-hybridized carbons (Fsp3) is 0.625. The topological polar surface area (TPSA) is 107 Å².